The van der Waals surface area contributed by atoms with E-state index >= 15 is 0 Å². The summed E-state index contributed by atoms with van der Waals surface area (Å²) in [5, 5.41) is 63.2. The van der Waals surface area contributed by atoms with Gasteiger partial charge in [-0.25, -0.2) is 0 Å². The maximum absolute atomic E-state index is 8.11. The molecule has 0 saturated heterocycles. The van der Waals surface area contributed by atoms with E-state index in [9.17, 15) is 0 Å². The minimum atomic E-state index is -0.560. The molecular formula is C12H32O8. The summed E-state index contributed by atoms with van der Waals surface area (Å²) < 4.78 is 0. The Balaban J connectivity index is -0.0000000862. The van der Waals surface area contributed by atoms with E-state index in [4.69, 9.17) is 40.9 Å². The fourth-order valence-electron chi connectivity index (χ4n) is 0.294. The van der Waals surface area contributed by atoms with Crippen molar-refractivity contribution in [3.05, 3.63) is 0 Å². The van der Waals surface area contributed by atoms with Gasteiger partial charge in [-0.15, -0.1) is 0 Å². The van der Waals surface area contributed by atoms with Crippen LogP contribution in [0.4, 0.5) is 0 Å². The largest absolute Gasteiger partial charge is 0.396 e. The molecule has 0 heterocycles. The molecular weight excluding hydrogens is 272 g/mol. The minimum absolute atomic E-state index is 0.0938. The molecule has 0 aromatic rings. The third-order valence-electron chi connectivity index (χ3n) is 1.25. The zero-order chi connectivity index (χ0) is 16.6. The smallest absolute Gasteiger partial charge is 0.0742 e. The molecule has 0 aliphatic rings. The molecule has 0 fully saturated rings. The van der Waals surface area contributed by atoms with E-state index < -0.39 is 6.10 Å². The normalized spacial score (nSPS) is 10.1. The highest BCUT2D eigenvalue weighted by Crippen LogP contribution is 1.80. The highest BCUT2D eigenvalue weighted by atomic mass is 16.3. The maximum atomic E-state index is 8.11. The van der Waals surface area contributed by atoms with Crippen molar-refractivity contribution in [2.24, 2.45) is 0 Å². The summed E-state index contributed by atoms with van der Waals surface area (Å²) in [7, 11) is 0. The summed E-state index contributed by atoms with van der Waals surface area (Å²) in [5.41, 5.74) is 0. The zero-order valence-electron chi connectivity index (χ0n) is 12.2. The standard InChI is InChI=1S/C4H10O2.2C3H8O2.C2H6O2/c5-3-1-2-4-6;1-3(5)2-4;4-2-1-3-5;3-1-2-4/h5-6H,1-4H2;3-5H,2H2,1H3;4-5H,1-3H2;3-4H,1-2H2. The van der Waals surface area contributed by atoms with Crippen LogP contribution < -0.4 is 0 Å². The molecule has 1 unspecified atom stereocenters. The van der Waals surface area contributed by atoms with Crippen molar-refractivity contribution in [2.75, 3.05) is 46.2 Å². The van der Waals surface area contributed by atoms with Crippen LogP contribution >= 0.6 is 0 Å². The van der Waals surface area contributed by atoms with Crippen molar-refractivity contribution >= 4 is 0 Å². The predicted molar refractivity (Wildman–Crippen MR) is 75.1 cm³/mol. The molecule has 0 spiro atoms. The van der Waals surface area contributed by atoms with Crippen molar-refractivity contribution in [1.82, 2.24) is 0 Å². The molecule has 0 bridgehead atoms. The van der Waals surface area contributed by atoms with Gasteiger partial charge in [0.25, 0.3) is 0 Å². The van der Waals surface area contributed by atoms with E-state index in [0.717, 1.165) is 12.8 Å². The van der Waals surface area contributed by atoms with E-state index in [0.29, 0.717) is 6.42 Å². The van der Waals surface area contributed by atoms with Crippen LogP contribution in [0, 0.1) is 0 Å². The van der Waals surface area contributed by atoms with Crippen LogP contribution in [-0.2, 0) is 0 Å². The number of hydrogen-bond donors (Lipinski definition) is 8. The monoisotopic (exact) mass is 304 g/mol. The lowest BCUT2D eigenvalue weighted by Crippen LogP contribution is -2.03. The third-order valence-corrected chi connectivity index (χ3v) is 1.25. The van der Waals surface area contributed by atoms with Crippen molar-refractivity contribution in [1.29, 1.82) is 0 Å². The Morgan fingerprint density at radius 3 is 0.850 bits per heavy atom. The number of aliphatic hydroxyl groups excluding tert-OH is 8. The van der Waals surface area contributed by atoms with E-state index in [2.05, 4.69) is 0 Å². The Labute approximate surface area is 120 Å². The van der Waals surface area contributed by atoms with Gasteiger partial charge in [0, 0.05) is 26.4 Å². The molecule has 1 atom stereocenters. The van der Waals surface area contributed by atoms with Crippen LogP contribution in [0.25, 0.3) is 0 Å². The van der Waals surface area contributed by atoms with Gasteiger partial charge in [-0.05, 0) is 26.2 Å². The second-order valence-corrected chi connectivity index (χ2v) is 3.43. The van der Waals surface area contributed by atoms with Crippen LogP contribution in [-0.4, -0.2) is 93.2 Å². The Hall–Kier alpha value is -0.320. The first-order chi connectivity index (χ1) is 9.51. The first-order valence-corrected chi connectivity index (χ1v) is 6.46. The number of hydrogen-bond acceptors (Lipinski definition) is 8. The van der Waals surface area contributed by atoms with Crippen LogP contribution in [0.15, 0.2) is 0 Å². The minimum Gasteiger partial charge on any atom is -0.396 e. The molecule has 0 aromatic carbocycles. The van der Waals surface area contributed by atoms with Gasteiger partial charge in [-0.3, -0.25) is 0 Å². The lowest BCUT2D eigenvalue weighted by molar-refractivity contribution is 0.110. The fraction of sp³-hybridized carbons (Fsp3) is 1.00. The first kappa shape index (κ1) is 27.9. The molecule has 8 nitrogen and oxygen atoms in total. The summed E-state index contributed by atoms with van der Waals surface area (Å²) in [5.74, 6) is 0. The zero-order valence-corrected chi connectivity index (χ0v) is 12.2. The highest BCUT2D eigenvalue weighted by molar-refractivity contribution is 4.34. The molecule has 0 saturated carbocycles. The fourth-order valence-corrected chi connectivity index (χ4v) is 0.294. The summed E-state index contributed by atoms with van der Waals surface area (Å²) >= 11 is 0. The molecule has 0 radical (unpaired) electrons. The SMILES string of the molecule is CC(O)CO.OCCCCO.OCCCO.OCCO. The van der Waals surface area contributed by atoms with Crippen molar-refractivity contribution in [3.63, 3.8) is 0 Å². The Morgan fingerprint density at radius 1 is 0.550 bits per heavy atom. The van der Waals surface area contributed by atoms with Gasteiger partial charge in [0.1, 0.15) is 0 Å². The number of unbranched alkanes of at least 4 members (excludes halogenated alkanes) is 1. The molecule has 0 amide bonds. The van der Waals surface area contributed by atoms with Crippen molar-refractivity contribution in [2.45, 2.75) is 32.3 Å². The van der Waals surface area contributed by atoms with Gasteiger partial charge in [0.15, 0.2) is 0 Å². The molecule has 128 valence electrons. The van der Waals surface area contributed by atoms with E-state index in [1.165, 1.54) is 6.92 Å². The highest BCUT2D eigenvalue weighted by Gasteiger charge is 1.83. The van der Waals surface area contributed by atoms with Crippen LogP contribution in [0.3, 0.4) is 0 Å². The average molecular weight is 304 g/mol. The quantitative estimate of drug-likeness (QED) is 0.238. The lowest BCUT2D eigenvalue weighted by atomic mass is 10.3. The summed E-state index contributed by atoms with van der Waals surface area (Å²) in [6, 6.07) is 0. The Bertz CT molecular complexity index is 106. The molecule has 0 rings (SSSR count). The average Bonchev–Trinajstić information content (AvgIpc) is 2.47. The molecule has 0 aliphatic heterocycles. The van der Waals surface area contributed by atoms with E-state index in [1.54, 1.807) is 0 Å². The third kappa shape index (κ3) is 83.4. The van der Waals surface area contributed by atoms with Gasteiger partial charge in [0.2, 0.25) is 0 Å². The van der Waals surface area contributed by atoms with Gasteiger partial charge >= 0.3 is 0 Å². The lowest BCUT2D eigenvalue weighted by Gasteiger charge is -1.90. The molecule has 8 heteroatoms. The van der Waals surface area contributed by atoms with Gasteiger partial charge in [0.05, 0.1) is 25.9 Å². The Morgan fingerprint density at radius 2 is 0.800 bits per heavy atom. The Kier molecular flexibility index (Phi) is 50.7. The second-order valence-electron chi connectivity index (χ2n) is 3.43. The molecule has 0 aliphatic carbocycles. The molecule has 0 aromatic heterocycles. The van der Waals surface area contributed by atoms with E-state index in [1.807, 2.05) is 0 Å². The second kappa shape index (κ2) is 36.3. The summed E-state index contributed by atoms with van der Waals surface area (Å²) in [6.45, 7) is 1.72. The van der Waals surface area contributed by atoms with Crippen LogP contribution in [0.5, 0.6) is 0 Å². The van der Waals surface area contributed by atoms with Crippen LogP contribution in [0.1, 0.15) is 26.2 Å². The molecule has 8 N–H and O–H groups in total. The summed E-state index contributed by atoms with van der Waals surface area (Å²) in [6.07, 6.45) is 1.38. The first-order valence-electron chi connectivity index (χ1n) is 6.46. The van der Waals surface area contributed by atoms with Gasteiger partial charge in [-0.1, -0.05) is 0 Å². The van der Waals surface area contributed by atoms with Crippen molar-refractivity contribution in [3.8, 4) is 0 Å². The van der Waals surface area contributed by atoms with E-state index in [-0.39, 0.29) is 46.2 Å². The topological polar surface area (TPSA) is 162 Å². The summed E-state index contributed by atoms with van der Waals surface area (Å²) in [4.78, 5) is 0. The maximum Gasteiger partial charge on any atom is 0.0742 e. The molecule has 20 heavy (non-hydrogen) atoms. The predicted octanol–water partition coefficient (Wildman–Crippen LogP) is -2.56. The number of aliphatic hydroxyl groups is 8. The van der Waals surface area contributed by atoms with Gasteiger partial charge < -0.3 is 40.9 Å². The number of rotatable bonds is 7. The van der Waals surface area contributed by atoms with Crippen molar-refractivity contribution < 1.29 is 40.9 Å². The van der Waals surface area contributed by atoms with Crippen LogP contribution in [0.2, 0.25) is 0 Å². The van der Waals surface area contributed by atoms with Gasteiger partial charge in [-0.2, -0.15) is 0 Å².